The molecule has 1 aliphatic rings. The van der Waals surface area contributed by atoms with Crippen molar-refractivity contribution in [2.24, 2.45) is 5.92 Å². The van der Waals surface area contributed by atoms with Crippen LogP contribution in [0.15, 0.2) is 29.2 Å². The van der Waals surface area contributed by atoms with E-state index in [9.17, 15) is 8.60 Å². The smallest absolute Gasteiger partial charge is 0.123 e. The molecule has 0 aromatic heterocycles. The minimum Gasteiger partial charge on any atom is -0.254 e. The Morgan fingerprint density at radius 1 is 1.25 bits per heavy atom. The van der Waals surface area contributed by atoms with E-state index in [0.717, 1.165) is 17.7 Å². The fourth-order valence-electron chi connectivity index (χ4n) is 2.33. The topological polar surface area (TPSA) is 17.1 Å². The molecule has 88 valence electrons. The van der Waals surface area contributed by atoms with Crippen LogP contribution in [0.5, 0.6) is 0 Å². The highest BCUT2D eigenvalue weighted by Crippen LogP contribution is 2.29. The lowest BCUT2D eigenvalue weighted by molar-refractivity contribution is 0.389. The molecule has 1 fully saturated rings. The van der Waals surface area contributed by atoms with Gasteiger partial charge in [0.15, 0.2) is 0 Å². The summed E-state index contributed by atoms with van der Waals surface area (Å²) in [5.41, 5.74) is 0. The molecule has 1 nitrogen and oxygen atoms in total. The summed E-state index contributed by atoms with van der Waals surface area (Å²) in [6, 6.07) is 6.06. The number of halogens is 1. The molecule has 0 aliphatic heterocycles. The summed E-state index contributed by atoms with van der Waals surface area (Å²) >= 11 is 0. The summed E-state index contributed by atoms with van der Waals surface area (Å²) in [5, 5.41) is 0.259. The molecule has 0 heterocycles. The molecule has 0 amide bonds. The Kier molecular flexibility index (Phi) is 3.74. The van der Waals surface area contributed by atoms with Gasteiger partial charge in [0.1, 0.15) is 5.82 Å². The fraction of sp³-hybridized carbons (Fsp3) is 0.538. The maximum absolute atomic E-state index is 12.8. The van der Waals surface area contributed by atoms with Gasteiger partial charge in [0, 0.05) is 10.1 Å². The van der Waals surface area contributed by atoms with Crippen LogP contribution in [0.2, 0.25) is 0 Å². The van der Waals surface area contributed by atoms with Crippen LogP contribution in [-0.4, -0.2) is 9.46 Å². The molecule has 1 saturated carbocycles. The number of rotatable bonds is 2. The monoisotopic (exact) mass is 240 g/mol. The zero-order valence-electron chi connectivity index (χ0n) is 9.49. The lowest BCUT2D eigenvalue weighted by Crippen LogP contribution is -2.23. The molecule has 0 saturated heterocycles. The molecule has 1 aliphatic carbocycles. The van der Waals surface area contributed by atoms with Crippen LogP contribution < -0.4 is 0 Å². The van der Waals surface area contributed by atoms with E-state index in [2.05, 4.69) is 6.92 Å². The summed E-state index contributed by atoms with van der Waals surface area (Å²) < 4.78 is 25.0. The predicted octanol–water partition coefficient (Wildman–Crippen LogP) is 3.51. The Hall–Kier alpha value is -0.700. The van der Waals surface area contributed by atoms with E-state index >= 15 is 0 Å². The van der Waals surface area contributed by atoms with Gasteiger partial charge in [-0.25, -0.2) is 4.39 Å². The van der Waals surface area contributed by atoms with Gasteiger partial charge in [-0.15, -0.1) is 0 Å². The van der Waals surface area contributed by atoms with Crippen LogP contribution in [0.3, 0.4) is 0 Å². The van der Waals surface area contributed by atoms with Gasteiger partial charge in [0.2, 0.25) is 0 Å². The second-order valence-electron chi connectivity index (χ2n) is 4.65. The molecule has 0 spiro atoms. The first-order chi connectivity index (χ1) is 7.66. The third kappa shape index (κ3) is 2.70. The summed E-state index contributed by atoms with van der Waals surface area (Å²) in [5.74, 6) is 0.404. The predicted molar refractivity (Wildman–Crippen MR) is 64.2 cm³/mol. The van der Waals surface area contributed by atoms with Gasteiger partial charge in [-0.05, 0) is 43.0 Å². The number of benzene rings is 1. The average Bonchev–Trinajstić information content (AvgIpc) is 2.29. The van der Waals surface area contributed by atoms with Crippen LogP contribution >= 0.6 is 0 Å². The zero-order chi connectivity index (χ0) is 11.5. The minimum absolute atomic E-state index is 0.259. The van der Waals surface area contributed by atoms with E-state index in [4.69, 9.17) is 0 Å². The standard InChI is InChI=1S/C13H17FOS/c1-10-3-2-4-13(9-10)16(15)12-7-5-11(14)6-8-12/h5-8,10,13H,2-4,9H2,1H3. The Morgan fingerprint density at radius 2 is 1.94 bits per heavy atom. The average molecular weight is 240 g/mol. The molecule has 3 unspecified atom stereocenters. The van der Waals surface area contributed by atoms with Crippen LogP contribution in [0.25, 0.3) is 0 Å². The summed E-state index contributed by atoms with van der Waals surface area (Å²) in [6.45, 7) is 2.22. The highest BCUT2D eigenvalue weighted by Gasteiger charge is 2.24. The quantitative estimate of drug-likeness (QED) is 0.773. The van der Waals surface area contributed by atoms with Crippen molar-refractivity contribution in [1.29, 1.82) is 0 Å². The highest BCUT2D eigenvalue weighted by molar-refractivity contribution is 7.85. The molecule has 0 N–H and O–H groups in total. The van der Waals surface area contributed by atoms with Gasteiger partial charge < -0.3 is 0 Å². The SMILES string of the molecule is CC1CCCC(S(=O)c2ccc(F)cc2)C1. The van der Waals surface area contributed by atoms with E-state index < -0.39 is 10.8 Å². The third-order valence-corrected chi connectivity index (χ3v) is 5.01. The molecule has 0 bridgehead atoms. The molecule has 3 heteroatoms. The van der Waals surface area contributed by atoms with Gasteiger partial charge in [-0.1, -0.05) is 19.8 Å². The first-order valence-electron chi connectivity index (χ1n) is 5.83. The van der Waals surface area contributed by atoms with Crippen molar-refractivity contribution >= 4 is 10.8 Å². The number of hydrogen-bond acceptors (Lipinski definition) is 1. The molecular formula is C13H17FOS. The Labute approximate surface area is 98.5 Å². The second-order valence-corrected chi connectivity index (χ2v) is 6.38. The number of hydrogen-bond donors (Lipinski definition) is 0. The van der Waals surface area contributed by atoms with Crippen LogP contribution in [0, 0.1) is 11.7 Å². The van der Waals surface area contributed by atoms with Crippen LogP contribution in [-0.2, 0) is 10.8 Å². The van der Waals surface area contributed by atoms with E-state index in [-0.39, 0.29) is 11.1 Å². The highest BCUT2D eigenvalue weighted by atomic mass is 32.2. The molecule has 16 heavy (non-hydrogen) atoms. The molecule has 1 aromatic rings. The van der Waals surface area contributed by atoms with Crippen molar-refractivity contribution in [2.75, 3.05) is 0 Å². The van der Waals surface area contributed by atoms with E-state index in [1.165, 1.54) is 25.0 Å². The lowest BCUT2D eigenvalue weighted by Gasteiger charge is -2.25. The minimum atomic E-state index is -0.965. The van der Waals surface area contributed by atoms with Crippen molar-refractivity contribution in [3.05, 3.63) is 30.1 Å². The molecular weight excluding hydrogens is 223 g/mol. The van der Waals surface area contributed by atoms with Crippen LogP contribution in [0.4, 0.5) is 4.39 Å². The van der Waals surface area contributed by atoms with Crippen molar-refractivity contribution in [2.45, 2.75) is 42.8 Å². The van der Waals surface area contributed by atoms with Crippen LogP contribution in [0.1, 0.15) is 32.6 Å². The molecule has 1 aromatic carbocycles. The Morgan fingerprint density at radius 3 is 2.56 bits per heavy atom. The van der Waals surface area contributed by atoms with Crippen molar-refractivity contribution < 1.29 is 8.60 Å². The zero-order valence-corrected chi connectivity index (χ0v) is 10.3. The fourth-order valence-corrected chi connectivity index (χ4v) is 4.01. The lowest BCUT2D eigenvalue weighted by atomic mass is 9.91. The molecule has 0 radical (unpaired) electrons. The van der Waals surface area contributed by atoms with Gasteiger partial charge in [-0.2, -0.15) is 0 Å². The van der Waals surface area contributed by atoms with Gasteiger partial charge in [0.05, 0.1) is 10.8 Å². The Bertz CT molecular complexity index is 374. The van der Waals surface area contributed by atoms with Crippen molar-refractivity contribution in [3.63, 3.8) is 0 Å². The van der Waals surface area contributed by atoms with Gasteiger partial charge >= 0.3 is 0 Å². The van der Waals surface area contributed by atoms with Gasteiger partial charge in [0.25, 0.3) is 0 Å². The summed E-state index contributed by atoms with van der Waals surface area (Å²) in [7, 11) is -0.965. The van der Waals surface area contributed by atoms with Gasteiger partial charge in [-0.3, -0.25) is 4.21 Å². The largest absolute Gasteiger partial charge is 0.254 e. The van der Waals surface area contributed by atoms with E-state index in [0.29, 0.717) is 5.92 Å². The Balaban J connectivity index is 2.09. The van der Waals surface area contributed by atoms with Crippen molar-refractivity contribution in [1.82, 2.24) is 0 Å². The van der Waals surface area contributed by atoms with E-state index in [1.54, 1.807) is 12.1 Å². The van der Waals surface area contributed by atoms with E-state index in [1.807, 2.05) is 0 Å². The normalized spacial score (nSPS) is 27.6. The first kappa shape index (κ1) is 11.8. The molecule has 2 rings (SSSR count). The second kappa shape index (κ2) is 5.09. The first-order valence-corrected chi connectivity index (χ1v) is 7.04. The maximum atomic E-state index is 12.8. The summed E-state index contributed by atoms with van der Waals surface area (Å²) in [4.78, 5) is 0.764. The maximum Gasteiger partial charge on any atom is 0.123 e. The van der Waals surface area contributed by atoms with Crippen molar-refractivity contribution in [3.8, 4) is 0 Å². The third-order valence-electron chi connectivity index (χ3n) is 3.24. The molecule has 3 atom stereocenters. The summed E-state index contributed by atoms with van der Waals surface area (Å²) in [6.07, 6.45) is 4.48.